The lowest BCUT2D eigenvalue weighted by molar-refractivity contribution is -0.131. The van der Waals surface area contributed by atoms with Crippen molar-refractivity contribution in [2.45, 2.75) is 33.6 Å². The molecule has 0 N–H and O–H groups in total. The highest BCUT2D eigenvalue weighted by Crippen LogP contribution is 1.95. The van der Waals surface area contributed by atoms with Crippen LogP contribution in [0.2, 0.25) is 0 Å². The van der Waals surface area contributed by atoms with Crippen molar-refractivity contribution < 1.29 is 14.3 Å². The minimum absolute atomic E-state index is 0.143. The van der Waals surface area contributed by atoms with Gasteiger partial charge in [0, 0.05) is 20.1 Å². The van der Waals surface area contributed by atoms with Gasteiger partial charge in [0.1, 0.15) is 0 Å². The first-order valence-corrected chi connectivity index (χ1v) is 9.20. The van der Waals surface area contributed by atoms with Crippen LogP contribution in [0.1, 0.15) is 33.6 Å². The maximum absolute atomic E-state index is 11.9. The molecule has 0 atom stereocenters. The molecule has 0 heterocycles. The van der Waals surface area contributed by atoms with E-state index in [1.807, 2.05) is 35.0 Å². The predicted octanol–water partition coefficient (Wildman–Crippen LogP) is 1.80. The van der Waals surface area contributed by atoms with Gasteiger partial charge in [-0.15, -0.1) is 0 Å². The maximum Gasteiger partial charge on any atom is 0.224 e. The van der Waals surface area contributed by atoms with E-state index in [2.05, 4.69) is 23.8 Å². The third-order valence-corrected chi connectivity index (χ3v) is 3.51. The number of carbonyl (C=O) groups is 1. The highest BCUT2D eigenvalue weighted by Gasteiger charge is 2.08. The van der Waals surface area contributed by atoms with Gasteiger partial charge in [0.05, 0.1) is 32.8 Å². The van der Waals surface area contributed by atoms with Crippen molar-refractivity contribution in [2.24, 2.45) is 0 Å². The normalized spacial score (nSPS) is 10.7. The number of likely N-dealkylation sites (N-methyl/N-ethyl adjacent to an activating group) is 1. The molecule has 0 aromatic rings. The summed E-state index contributed by atoms with van der Waals surface area (Å²) in [4.78, 5) is 18.0. The Hall–Kier alpha value is -0.690. The molecule has 0 saturated heterocycles. The number of hydrogen-bond acceptors (Lipinski definition) is 5. The van der Waals surface area contributed by atoms with Crippen LogP contribution in [-0.2, 0) is 14.3 Å². The van der Waals surface area contributed by atoms with Crippen molar-refractivity contribution in [3.8, 4) is 0 Å². The van der Waals surface area contributed by atoms with Crippen LogP contribution in [0.25, 0.3) is 0 Å². The summed E-state index contributed by atoms with van der Waals surface area (Å²) in [6, 6.07) is 0. The molecule has 0 fully saturated rings. The van der Waals surface area contributed by atoms with Crippen molar-refractivity contribution >= 4 is 5.91 Å². The predicted molar refractivity (Wildman–Crippen MR) is 102 cm³/mol. The van der Waals surface area contributed by atoms with Crippen LogP contribution in [0.4, 0.5) is 0 Å². The second-order valence-electron chi connectivity index (χ2n) is 5.84. The molecule has 0 rings (SSSR count). The van der Waals surface area contributed by atoms with Crippen molar-refractivity contribution in [3.63, 3.8) is 0 Å². The van der Waals surface area contributed by atoms with E-state index in [0.29, 0.717) is 26.2 Å². The largest absolute Gasteiger partial charge is 0.379 e. The fourth-order valence-corrected chi connectivity index (χ4v) is 1.80. The third-order valence-electron chi connectivity index (χ3n) is 3.51. The maximum atomic E-state index is 11.9. The van der Waals surface area contributed by atoms with Crippen LogP contribution < -0.4 is 0 Å². The standard InChI is InChI=1S/C16H35N3O3.C2H6/c1-6-18(4)11-13-22-15-14-21-12-8-16(20)19(5)10-7-9-17(2)3;1-2/h6-15H2,1-5H3;1-2H3. The monoisotopic (exact) mass is 347 g/mol. The van der Waals surface area contributed by atoms with Crippen LogP contribution in [0, 0.1) is 0 Å². The van der Waals surface area contributed by atoms with Crippen LogP contribution in [-0.4, -0.2) is 101 Å². The topological polar surface area (TPSA) is 45.3 Å². The van der Waals surface area contributed by atoms with Gasteiger partial charge in [-0.25, -0.2) is 0 Å². The van der Waals surface area contributed by atoms with Crippen molar-refractivity contribution in [1.29, 1.82) is 0 Å². The summed E-state index contributed by atoms with van der Waals surface area (Å²) in [5, 5.41) is 0. The van der Waals surface area contributed by atoms with Crippen molar-refractivity contribution in [2.75, 3.05) is 80.8 Å². The number of nitrogens with zero attached hydrogens (tertiary/aromatic N) is 3. The Kier molecular flexibility index (Phi) is 19.8. The molecule has 0 aliphatic carbocycles. The molecule has 0 aliphatic heterocycles. The molecule has 0 aliphatic rings. The smallest absolute Gasteiger partial charge is 0.224 e. The molecule has 0 saturated carbocycles. The van der Waals surface area contributed by atoms with Gasteiger partial charge in [-0.3, -0.25) is 4.79 Å². The average molecular weight is 348 g/mol. The zero-order valence-electron chi connectivity index (χ0n) is 17.1. The average Bonchev–Trinajstić information content (AvgIpc) is 2.57. The van der Waals surface area contributed by atoms with E-state index in [1.54, 1.807) is 4.90 Å². The van der Waals surface area contributed by atoms with Crippen LogP contribution in [0.5, 0.6) is 0 Å². The van der Waals surface area contributed by atoms with E-state index in [4.69, 9.17) is 9.47 Å². The zero-order chi connectivity index (χ0) is 18.8. The summed E-state index contributed by atoms with van der Waals surface area (Å²) >= 11 is 0. The van der Waals surface area contributed by atoms with Gasteiger partial charge in [0.15, 0.2) is 0 Å². The Labute approximate surface area is 150 Å². The Morgan fingerprint density at radius 1 is 0.833 bits per heavy atom. The molecule has 0 aromatic heterocycles. The number of carbonyl (C=O) groups excluding carboxylic acids is 1. The molecule has 6 heteroatoms. The summed E-state index contributed by atoms with van der Waals surface area (Å²) in [5.74, 6) is 0.143. The van der Waals surface area contributed by atoms with Crippen molar-refractivity contribution in [3.05, 3.63) is 0 Å². The molecule has 24 heavy (non-hydrogen) atoms. The van der Waals surface area contributed by atoms with Crippen molar-refractivity contribution in [1.82, 2.24) is 14.7 Å². The lowest BCUT2D eigenvalue weighted by Gasteiger charge is -2.18. The summed E-state index contributed by atoms with van der Waals surface area (Å²) in [5.41, 5.74) is 0. The second kappa shape index (κ2) is 18.6. The first kappa shape index (κ1) is 25.5. The zero-order valence-corrected chi connectivity index (χ0v) is 17.1. The number of hydrogen-bond donors (Lipinski definition) is 0. The number of amides is 1. The summed E-state index contributed by atoms with van der Waals surface area (Å²) in [6.07, 6.45) is 1.44. The molecule has 1 amide bonds. The van der Waals surface area contributed by atoms with Gasteiger partial charge in [-0.05, 0) is 40.7 Å². The molecule has 0 unspecified atom stereocenters. The minimum Gasteiger partial charge on any atom is -0.379 e. The summed E-state index contributed by atoms with van der Waals surface area (Å²) in [7, 11) is 8.00. The van der Waals surface area contributed by atoms with Gasteiger partial charge in [0.25, 0.3) is 0 Å². The van der Waals surface area contributed by atoms with Crippen LogP contribution in [0.3, 0.4) is 0 Å². The Morgan fingerprint density at radius 3 is 1.96 bits per heavy atom. The van der Waals surface area contributed by atoms with Crippen LogP contribution in [0.15, 0.2) is 0 Å². The Morgan fingerprint density at radius 2 is 1.42 bits per heavy atom. The molecular weight excluding hydrogens is 306 g/mol. The summed E-state index contributed by atoms with van der Waals surface area (Å²) < 4.78 is 10.9. The van der Waals surface area contributed by atoms with Gasteiger partial charge in [0.2, 0.25) is 5.91 Å². The van der Waals surface area contributed by atoms with E-state index in [0.717, 1.165) is 39.2 Å². The quantitative estimate of drug-likeness (QED) is 0.448. The minimum atomic E-state index is 0.143. The fourth-order valence-electron chi connectivity index (χ4n) is 1.80. The first-order valence-electron chi connectivity index (χ1n) is 9.20. The highest BCUT2D eigenvalue weighted by atomic mass is 16.5. The fraction of sp³-hybridized carbons (Fsp3) is 0.944. The van der Waals surface area contributed by atoms with Gasteiger partial charge >= 0.3 is 0 Å². The molecule has 0 bridgehead atoms. The molecule has 6 nitrogen and oxygen atoms in total. The van der Waals surface area contributed by atoms with Crippen LogP contribution >= 0.6 is 0 Å². The van der Waals surface area contributed by atoms with Gasteiger partial charge in [-0.2, -0.15) is 0 Å². The third kappa shape index (κ3) is 17.7. The van der Waals surface area contributed by atoms with E-state index in [-0.39, 0.29) is 5.91 Å². The molecule has 0 radical (unpaired) electrons. The lowest BCUT2D eigenvalue weighted by atomic mass is 10.3. The lowest BCUT2D eigenvalue weighted by Crippen LogP contribution is -2.30. The van der Waals surface area contributed by atoms with E-state index < -0.39 is 0 Å². The van der Waals surface area contributed by atoms with E-state index >= 15 is 0 Å². The van der Waals surface area contributed by atoms with Gasteiger partial charge < -0.3 is 24.2 Å². The van der Waals surface area contributed by atoms with E-state index in [1.165, 1.54) is 0 Å². The molecule has 146 valence electrons. The Bertz CT molecular complexity index is 276. The highest BCUT2D eigenvalue weighted by molar-refractivity contribution is 5.75. The summed E-state index contributed by atoms with van der Waals surface area (Å²) in [6.45, 7) is 12.2. The van der Waals surface area contributed by atoms with E-state index in [9.17, 15) is 4.79 Å². The second-order valence-corrected chi connectivity index (χ2v) is 5.84. The number of rotatable bonds is 14. The number of ether oxygens (including phenoxy) is 2. The first-order chi connectivity index (χ1) is 11.5. The molecule has 0 aromatic carbocycles. The molecular formula is C18H41N3O3. The SMILES string of the molecule is CC.CCN(C)CCOCCOCCC(=O)N(C)CCCN(C)C. The van der Waals surface area contributed by atoms with Gasteiger partial charge in [-0.1, -0.05) is 20.8 Å². The molecule has 0 spiro atoms. The Balaban J connectivity index is 0.